The van der Waals surface area contributed by atoms with Crippen molar-refractivity contribution in [2.24, 2.45) is 4.99 Å². The molecule has 0 aromatic heterocycles. The highest BCUT2D eigenvalue weighted by atomic mass is 32.2. The summed E-state index contributed by atoms with van der Waals surface area (Å²) in [6.45, 7) is 6.18. The second-order valence-electron chi connectivity index (χ2n) is 5.84. The summed E-state index contributed by atoms with van der Waals surface area (Å²) in [6, 6.07) is 7.03. The third-order valence-electron chi connectivity index (χ3n) is 3.67. The van der Waals surface area contributed by atoms with Crippen molar-refractivity contribution in [1.29, 1.82) is 0 Å². The van der Waals surface area contributed by atoms with Crippen LogP contribution in [-0.4, -0.2) is 57.8 Å². The molecule has 0 saturated carbocycles. The van der Waals surface area contributed by atoms with Gasteiger partial charge in [0, 0.05) is 34.2 Å². The van der Waals surface area contributed by atoms with Crippen LogP contribution in [0.25, 0.3) is 0 Å². The quantitative estimate of drug-likeness (QED) is 0.574. The van der Waals surface area contributed by atoms with Crippen LogP contribution in [0, 0.1) is 0 Å². The van der Waals surface area contributed by atoms with E-state index in [4.69, 9.17) is 0 Å². The number of nitrogens with zero attached hydrogens (tertiary/aromatic N) is 3. The number of nitrogens with one attached hydrogen (secondary N) is 1. The summed E-state index contributed by atoms with van der Waals surface area (Å²) in [5.74, 6) is 0.794. The van der Waals surface area contributed by atoms with E-state index >= 15 is 0 Å². The maximum atomic E-state index is 12.4. The second kappa shape index (κ2) is 9.64. The molecule has 6 nitrogen and oxygen atoms in total. The van der Waals surface area contributed by atoms with Crippen LogP contribution < -0.4 is 5.32 Å². The number of sulfonamides is 1. The minimum Gasteiger partial charge on any atom is -0.357 e. The molecule has 0 fully saturated rings. The fraction of sp³-hybridized carbons (Fsp3) is 0.588. The SMILES string of the molecule is CCCCN(C)C(=NCc1ccccc1S(=O)(=O)N(C)C)NCC. The van der Waals surface area contributed by atoms with Crippen LogP contribution in [0.5, 0.6) is 0 Å². The number of hydrogen-bond acceptors (Lipinski definition) is 3. The molecule has 0 bridgehead atoms. The number of benzene rings is 1. The van der Waals surface area contributed by atoms with E-state index in [0.717, 1.165) is 31.9 Å². The number of unbranched alkanes of at least 4 members (excludes halogenated alkanes) is 1. The smallest absolute Gasteiger partial charge is 0.242 e. The molecule has 1 N–H and O–H groups in total. The van der Waals surface area contributed by atoms with Gasteiger partial charge in [-0.05, 0) is 25.0 Å². The standard InChI is InChI=1S/C17H30N4O2S/c1-6-8-13-21(5)17(18-7-2)19-14-15-11-9-10-12-16(15)24(22,23)20(3)4/h9-12H,6-8,13-14H2,1-5H3,(H,18,19). The van der Waals surface area contributed by atoms with Crippen LogP contribution >= 0.6 is 0 Å². The first-order chi connectivity index (χ1) is 11.3. The molecule has 0 aliphatic rings. The molecule has 1 aromatic rings. The number of hydrogen-bond donors (Lipinski definition) is 1. The number of rotatable bonds is 8. The average Bonchev–Trinajstić information content (AvgIpc) is 2.56. The van der Waals surface area contributed by atoms with Gasteiger partial charge < -0.3 is 10.2 Å². The molecule has 0 aliphatic heterocycles. The van der Waals surface area contributed by atoms with Crippen LogP contribution in [-0.2, 0) is 16.6 Å². The van der Waals surface area contributed by atoms with E-state index in [2.05, 4.69) is 22.1 Å². The summed E-state index contributed by atoms with van der Waals surface area (Å²) in [6.07, 6.45) is 2.21. The molecular weight excluding hydrogens is 324 g/mol. The zero-order chi connectivity index (χ0) is 18.2. The van der Waals surface area contributed by atoms with E-state index in [9.17, 15) is 8.42 Å². The monoisotopic (exact) mass is 354 g/mol. The van der Waals surface area contributed by atoms with Gasteiger partial charge in [0.15, 0.2) is 5.96 Å². The van der Waals surface area contributed by atoms with Crippen LogP contribution in [0.1, 0.15) is 32.3 Å². The zero-order valence-electron chi connectivity index (χ0n) is 15.4. The Hall–Kier alpha value is -1.60. The Bertz CT molecular complexity index is 642. The van der Waals surface area contributed by atoms with Gasteiger partial charge in [-0.25, -0.2) is 17.7 Å². The largest absolute Gasteiger partial charge is 0.357 e. The van der Waals surface area contributed by atoms with Gasteiger partial charge in [0.05, 0.1) is 11.4 Å². The predicted octanol–water partition coefficient (Wildman–Crippen LogP) is 2.13. The topological polar surface area (TPSA) is 65.0 Å². The van der Waals surface area contributed by atoms with Crippen LogP contribution in [0.15, 0.2) is 34.2 Å². The summed E-state index contributed by atoms with van der Waals surface area (Å²) in [4.78, 5) is 7.01. The first-order valence-electron chi connectivity index (χ1n) is 8.34. The average molecular weight is 355 g/mol. The Balaban J connectivity index is 3.06. The third kappa shape index (κ3) is 5.49. The number of aliphatic imine (C=N–C) groups is 1. The molecule has 0 amide bonds. The third-order valence-corrected chi connectivity index (χ3v) is 5.59. The molecule has 0 heterocycles. The van der Waals surface area contributed by atoms with Crippen molar-refractivity contribution in [2.45, 2.75) is 38.1 Å². The molecular formula is C17H30N4O2S. The molecule has 7 heteroatoms. The van der Waals surface area contributed by atoms with E-state index in [0.29, 0.717) is 17.0 Å². The van der Waals surface area contributed by atoms with Gasteiger partial charge in [-0.1, -0.05) is 31.5 Å². The fourth-order valence-corrected chi connectivity index (χ4v) is 3.32. The van der Waals surface area contributed by atoms with Gasteiger partial charge >= 0.3 is 0 Å². The first-order valence-corrected chi connectivity index (χ1v) is 9.78. The molecule has 0 atom stereocenters. The Labute approximate surface area is 146 Å². The highest BCUT2D eigenvalue weighted by Gasteiger charge is 2.20. The van der Waals surface area contributed by atoms with Crippen molar-refractivity contribution < 1.29 is 8.42 Å². The van der Waals surface area contributed by atoms with E-state index in [1.807, 2.05) is 26.1 Å². The molecule has 0 saturated heterocycles. The van der Waals surface area contributed by atoms with Gasteiger partial charge in [0.25, 0.3) is 0 Å². The molecule has 136 valence electrons. The minimum atomic E-state index is -3.47. The molecule has 24 heavy (non-hydrogen) atoms. The zero-order valence-corrected chi connectivity index (χ0v) is 16.2. The van der Waals surface area contributed by atoms with Crippen molar-refractivity contribution in [2.75, 3.05) is 34.2 Å². The lowest BCUT2D eigenvalue weighted by molar-refractivity contribution is 0.464. The molecule has 1 rings (SSSR count). The van der Waals surface area contributed by atoms with Crippen molar-refractivity contribution in [3.8, 4) is 0 Å². The lowest BCUT2D eigenvalue weighted by Gasteiger charge is -2.22. The maximum Gasteiger partial charge on any atom is 0.242 e. The fourth-order valence-electron chi connectivity index (χ4n) is 2.21. The second-order valence-corrected chi connectivity index (χ2v) is 7.96. The van der Waals surface area contributed by atoms with Crippen LogP contribution in [0.3, 0.4) is 0 Å². The molecule has 0 aliphatic carbocycles. The normalized spacial score (nSPS) is 12.5. The predicted molar refractivity (Wildman–Crippen MR) is 99.7 cm³/mol. The minimum absolute atomic E-state index is 0.311. The summed E-state index contributed by atoms with van der Waals surface area (Å²) in [5.41, 5.74) is 0.700. The van der Waals surface area contributed by atoms with E-state index in [1.54, 1.807) is 12.1 Å². The molecule has 1 aromatic carbocycles. The highest BCUT2D eigenvalue weighted by molar-refractivity contribution is 7.89. The van der Waals surface area contributed by atoms with Gasteiger partial charge in [0.1, 0.15) is 0 Å². The Morgan fingerprint density at radius 1 is 1.17 bits per heavy atom. The molecule has 0 radical (unpaired) electrons. The Morgan fingerprint density at radius 3 is 2.42 bits per heavy atom. The van der Waals surface area contributed by atoms with E-state index in [-0.39, 0.29) is 0 Å². The lowest BCUT2D eigenvalue weighted by Crippen LogP contribution is -2.39. The van der Waals surface area contributed by atoms with E-state index in [1.165, 1.54) is 18.4 Å². The van der Waals surface area contributed by atoms with Crippen molar-refractivity contribution in [1.82, 2.24) is 14.5 Å². The van der Waals surface area contributed by atoms with Gasteiger partial charge in [-0.3, -0.25) is 0 Å². The Kier molecular flexibility index (Phi) is 8.21. The summed E-state index contributed by atoms with van der Waals surface area (Å²) < 4.78 is 26.1. The summed E-state index contributed by atoms with van der Waals surface area (Å²) in [7, 11) is 1.61. The number of guanidine groups is 1. The van der Waals surface area contributed by atoms with Crippen molar-refractivity contribution >= 4 is 16.0 Å². The van der Waals surface area contributed by atoms with Crippen LogP contribution in [0.4, 0.5) is 0 Å². The van der Waals surface area contributed by atoms with Gasteiger partial charge in [-0.15, -0.1) is 0 Å². The van der Waals surface area contributed by atoms with E-state index < -0.39 is 10.0 Å². The first kappa shape index (κ1) is 20.4. The van der Waals surface area contributed by atoms with Crippen molar-refractivity contribution in [3.63, 3.8) is 0 Å². The van der Waals surface area contributed by atoms with Crippen LogP contribution in [0.2, 0.25) is 0 Å². The van der Waals surface area contributed by atoms with Gasteiger partial charge in [-0.2, -0.15) is 0 Å². The highest BCUT2D eigenvalue weighted by Crippen LogP contribution is 2.19. The molecule has 0 spiro atoms. The lowest BCUT2D eigenvalue weighted by atomic mass is 10.2. The molecule has 0 unspecified atom stereocenters. The van der Waals surface area contributed by atoms with Crippen molar-refractivity contribution in [3.05, 3.63) is 29.8 Å². The van der Waals surface area contributed by atoms with Gasteiger partial charge in [0.2, 0.25) is 10.0 Å². The summed E-state index contributed by atoms with van der Waals surface area (Å²) in [5, 5.41) is 3.26. The summed E-state index contributed by atoms with van der Waals surface area (Å²) >= 11 is 0. The maximum absolute atomic E-state index is 12.4. The Morgan fingerprint density at radius 2 is 1.83 bits per heavy atom.